The minimum Gasteiger partial charge on any atom is -0.497 e. The summed E-state index contributed by atoms with van der Waals surface area (Å²) in [5, 5.41) is -0.244. The number of fused-ring (bicyclic) bond motifs is 4. The van der Waals surface area contributed by atoms with Gasteiger partial charge in [-0.05, 0) is 107 Å². The number of rotatable bonds is 13. The number of pyridine rings is 1. The number of aryl methyl sites for hydroxylation is 1. The van der Waals surface area contributed by atoms with E-state index in [4.69, 9.17) is 28.7 Å². The first kappa shape index (κ1) is 48.8. The van der Waals surface area contributed by atoms with E-state index in [-0.39, 0.29) is 86.4 Å². The maximum atomic E-state index is 18.0. The zero-order chi connectivity index (χ0) is 49.9. The van der Waals surface area contributed by atoms with Crippen LogP contribution in [0.4, 0.5) is 42.8 Å². The van der Waals surface area contributed by atoms with Gasteiger partial charge in [0.15, 0.2) is 17.4 Å². The van der Waals surface area contributed by atoms with Crippen LogP contribution in [0, 0.1) is 18.6 Å². The van der Waals surface area contributed by atoms with Gasteiger partial charge in [-0.3, -0.25) is 9.80 Å². The minimum atomic E-state index is -5.14. The van der Waals surface area contributed by atoms with Gasteiger partial charge in [-0.15, -0.1) is 0 Å². The fourth-order valence-corrected chi connectivity index (χ4v) is 10.7. The van der Waals surface area contributed by atoms with E-state index in [0.717, 1.165) is 24.7 Å². The third kappa shape index (κ3) is 9.40. The highest BCUT2D eigenvalue weighted by Gasteiger charge is 2.50. The number of carbonyl (C=O) groups excluding carboxylic acids is 1. The van der Waals surface area contributed by atoms with Crippen LogP contribution in [0.2, 0.25) is 0 Å². The summed E-state index contributed by atoms with van der Waals surface area (Å²) in [6.07, 6.45) is -3.85. The van der Waals surface area contributed by atoms with Crippen molar-refractivity contribution in [3.8, 4) is 34.5 Å². The Hall–Kier alpha value is -6.24. The number of aromatic nitrogens is 3. The molecule has 4 aliphatic heterocycles. The van der Waals surface area contributed by atoms with Crippen molar-refractivity contribution in [2.75, 3.05) is 63.9 Å². The van der Waals surface area contributed by atoms with Gasteiger partial charge in [-0.1, -0.05) is 24.3 Å². The Labute approximate surface area is 402 Å². The zero-order valence-electron chi connectivity index (χ0n) is 40.3. The lowest BCUT2D eigenvalue weighted by atomic mass is 9.95. The molecule has 4 fully saturated rings. The van der Waals surface area contributed by atoms with Crippen molar-refractivity contribution < 1.29 is 54.8 Å². The molecule has 4 saturated heterocycles. The average Bonchev–Trinajstić information content (AvgIpc) is 3.93. The molecule has 0 spiro atoms. The van der Waals surface area contributed by atoms with Crippen molar-refractivity contribution in [1.29, 1.82) is 0 Å². The molecule has 4 aliphatic rings. The number of methoxy groups -OCH3 is 3. The SMILES string of the molecule is COc1ccc(CN(Cc2ccc(OC)cc2)c2cc(C)c(C(F)(F)F)c(-c3c(F)c(OC)c4c(N5CC6CCC(C5)N6C(=O)OC(C)(C)C)nc(OC[C@@]56CCCN5C[C@H](F)C6)nc4c3F)n2)cc1. The maximum Gasteiger partial charge on any atom is 0.418 e. The van der Waals surface area contributed by atoms with Gasteiger partial charge in [0.1, 0.15) is 47.0 Å². The lowest BCUT2D eigenvalue weighted by Crippen LogP contribution is -2.57. The van der Waals surface area contributed by atoms with E-state index in [1.807, 2.05) is 4.90 Å². The highest BCUT2D eigenvalue weighted by atomic mass is 19.4. The first-order chi connectivity index (χ1) is 33.3. The molecule has 2 unspecified atom stereocenters. The van der Waals surface area contributed by atoms with Crippen LogP contribution in [-0.4, -0.2) is 114 Å². The van der Waals surface area contributed by atoms with Crippen molar-refractivity contribution in [2.45, 2.75) is 108 Å². The predicted molar refractivity (Wildman–Crippen MR) is 250 cm³/mol. The van der Waals surface area contributed by atoms with E-state index in [1.165, 1.54) is 27.2 Å². The number of anilines is 2. The molecule has 0 N–H and O–H groups in total. The third-order valence-electron chi connectivity index (χ3n) is 13.9. The molecule has 13 nitrogen and oxygen atoms in total. The first-order valence-electron chi connectivity index (χ1n) is 23.4. The summed E-state index contributed by atoms with van der Waals surface area (Å²) in [6, 6.07) is 14.4. The Morgan fingerprint density at radius 1 is 0.843 bits per heavy atom. The summed E-state index contributed by atoms with van der Waals surface area (Å²) >= 11 is 0. The molecule has 70 heavy (non-hydrogen) atoms. The summed E-state index contributed by atoms with van der Waals surface area (Å²) in [7, 11) is 4.19. The molecule has 2 aromatic heterocycles. The van der Waals surface area contributed by atoms with Gasteiger partial charge in [0.05, 0.1) is 61.2 Å². The van der Waals surface area contributed by atoms with E-state index < -0.39 is 69.3 Å². The summed E-state index contributed by atoms with van der Waals surface area (Å²) in [5.41, 5.74) is -4.33. The Morgan fingerprint density at radius 3 is 2.01 bits per heavy atom. The lowest BCUT2D eigenvalue weighted by molar-refractivity contribution is -0.137. The fourth-order valence-electron chi connectivity index (χ4n) is 10.7. The molecule has 9 rings (SSSR count). The standard InChI is InChI=1S/C51H57F6N7O6/c1-29-21-37(61(23-30-9-15-35(66-5)16-10-30)24-31-11-17-36(67-6)18-12-31)58-43(40(29)51(55,56)57)38-41(53)44-39(45(68-7)42(38)54)46(60-47(59-44)69-28-50-19-8-20-63(50)25-32(52)22-50)62-26-33-13-14-34(27-62)64(33)48(65)70-49(2,3)4/h9-12,15-18,21,32-34H,8,13-14,19-20,22-28H2,1-7H3/t32-,33?,34?,50+/m1/s1. The molecular formula is C51H57F6N7O6. The number of hydrogen-bond donors (Lipinski definition) is 0. The van der Waals surface area contributed by atoms with Crippen LogP contribution in [0.15, 0.2) is 54.6 Å². The van der Waals surface area contributed by atoms with Crippen LogP contribution in [-0.2, 0) is 24.0 Å². The number of carbonyl (C=O) groups is 1. The Morgan fingerprint density at radius 2 is 1.46 bits per heavy atom. The van der Waals surface area contributed by atoms with Crippen LogP contribution in [0.25, 0.3) is 22.2 Å². The number of alkyl halides is 4. The Bertz CT molecular complexity index is 2690. The normalized spacial score (nSPS) is 21.3. The van der Waals surface area contributed by atoms with Gasteiger partial charge in [-0.25, -0.2) is 22.9 Å². The molecule has 0 aliphatic carbocycles. The molecule has 0 radical (unpaired) electrons. The molecule has 5 aromatic rings. The molecule has 1 amide bonds. The number of amides is 1. The number of halogens is 6. The second-order valence-electron chi connectivity index (χ2n) is 19.7. The Balaban J connectivity index is 1.21. The smallest absolute Gasteiger partial charge is 0.418 e. The van der Waals surface area contributed by atoms with E-state index in [0.29, 0.717) is 37.3 Å². The van der Waals surface area contributed by atoms with Crippen molar-refractivity contribution in [2.24, 2.45) is 0 Å². The topological polar surface area (TPSA) is 115 Å². The van der Waals surface area contributed by atoms with Crippen LogP contribution >= 0.6 is 0 Å². The molecular weight excluding hydrogens is 921 g/mol. The number of ether oxygens (including phenoxy) is 5. The average molecular weight is 978 g/mol. The Kier molecular flexibility index (Phi) is 13.1. The zero-order valence-corrected chi connectivity index (χ0v) is 40.3. The van der Waals surface area contributed by atoms with Gasteiger partial charge in [0, 0.05) is 39.1 Å². The molecule has 374 valence electrons. The predicted octanol–water partition coefficient (Wildman–Crippen LogP) is 10.1. The largest absolute Gasteiger partial charge is 0.497 e. The van der Waals surface area contributed by atoms with Crippen molar-refractivity contribution >= 4 is 28.6 Å². The molecule has 19 heteroatoms. The van der Waals surface area contributed by atoms with Crippen molar-refractivity contribution in [3.05, 3.63) is 88.5 Å². The van der Waals surface area contributed by atoms with Crippen LogP contribution in [0.1, 0.15) is 75.1 Å². The van der Waals surface area contributed by atoms with Gasteiger partial charge in [0.25, 0.3) is 0 Å². The third-order valence-corrected chi connectivity index (χ3v) is 13.9. The molecule has 4 atom stereocenters. The second kappa shape index (κ2) is 18.8. The quantitative estimate of drug-likeness (QED) is 0.105. The summed E-state index contributed by atoms with van der Waals surface area (Å²) in [4.78, 5) is 34.4. The van der Waals surface area contributed by atoms with Gasteiger partial charge >= 0.3 is 18.3 Å². The van der Waals surface area contributed by atoms with Gasteiger partial charge in [-0.2, -0.15) is 23.1 Å². The van der Waals surface area contributed by atoms with Gasteiger partial charge in [0.2, 0.25) is 0 Å². The van der Waals surface area contributed by atoms with Crippen LogP contribution < -0.4 is 28.7 Å². The number of nitrogens with zero attached hydrogens (tertiary/aromatic N) is 7. The monoisotopic (exact) mass is 977 g/mol. The number of benzene rings is 3. The van der Waals surface area contributed by atoms with E-state index >= 15 is 22.0 Å². The van der Waals surface area contributed by atoms with E-state index in [2.05, 4.69) is 9.97 Å². The summed E-state index contributed by atoms with van der Waals surface area (Å²) in [5.74, 6) is -2.33. The number of piperazine rings is 1. The first-order valence-corrected chi connectivity index (χ1v) is 23.4. The molecule has 0 saturated carbocycles. The second-order valence-corrected chi connectivity index (χ2v) is 19.7. The minimum absolute atomic E-state index is 0.00108. The number of hydrogen-bond acceptors (Lipinski definition) is 12. The highest BCUT2D eigenvalue weighted by Crippen LogP contribution is 2.49. The fraction of sp³-hybridized carbons (Fsp3) is 0.490. The summed E-state index contributed by atoms with van der Waals surface area (Å²) < 4.78 is 125. The maximum absolute atomic E-state index is 18.0. The van der Waals surface area contributed by atoms with Crippen molar-refractivity contribution in [1.82, 2.24) is 24.8 Å². The van der Waals surface area contributed by atoms with Crippen LogP contribution in [0.3, 0.4) is 0 Å². The highest BCUT2D eigenvalue weighted by molar-refractivity contribution is 5.99. The van der Waals surface area contributed by atoms with Gasteiger partial charge < -0.3 is 33.5 Å². The molecule has 6 heterocycles. The van der Waals surface area contributed by atoms with E-state index in [1.54, 1.807) is 84.0 Å². The molecule has 3 aromatic carbocycles. The van der Waals surface area contributed by atoms with Crippen molar-refractivity contribution in [3.63, 3.8) is 0 Å². The van der Waals surface area contributed by atoms with Crippen LogP contribution in [0.5, 0.6) is 23.3 Å². The summed E-state index contributed by atoms with van der Waals surface area (Å²) in [6.45, 7) is 7.97. The lowest BCUT2D eigenvalue weighted by Gasteiger charge is -2.42. The van der Waals surface area contributed by atoms with E-state index in [9.17, 15) is 9.18 Å². The molecule has 2 bridgehead atoms.